The summed E-state index contributed by atoms with van der Waals surface area (Å²) in [4.78, 5) is 165. The van der Waals surface area contributed by atoms with Crippen LogP contribution in [0.4, 0.5) is 9.59 Å². The van der Waals surface area contributed by atoms with Crippen LogP contribution in [0.3, 0.4) is 0 Å². The van der Waals surface area contributed by atoms with Crippen molar-refractivity contribution in [3.8, 4) is 16.9 Å². The van der Waals surface area contributed by atoms with Crippen molar-refractivity contribution in [3.05, 3.63) is 81.9 Å². The summed E-state index contributed by atoms with van der Waals surface area (Å²) in [5, 5.41) is 25.4. The average molecular weight is 1520 g/mol. The van der Waals surface area contributed by atoms with E-state index in [0.29, 0.717) is 55.5 Å². The number of rotatable bonds is 36. The van der Waals surface area contributed by atoms with E-state index in [1.54, 1.807) is 48.5 Å². The van der Waals surface area contributed by atoms with Crippen LogP contribution in [0.1, 0.15) is 153 Å². The Morgan fingerprint density at radius 2 is 1.29 bits per heavy atom. The lowest BCUT2D eigenvalue weighted by Gasteiger charge is -2.34. The van der Waals surface area contributed by atoms with Crippen molar-refractivity contribution in [2.45, 2.75) is 194 Å². The smallest absolute Gasteiger partial charge is 0.407 e. The number of nitrogens with one attached hydrogen (secondary N) is 11. The fraction of sp³-hybridized carbons (Fsp3) is 0.575. The molecular weight excluding hydrogens is 1410 g/mol. The molecule has 11 amide bonds. The summed E-state index contributed by atoms with van der Waals surface area (Å²) in [5.41, 5.74) is 12.0. The first kappa shape index (κ1) is 85.4. The van der Waals surface area contributed by atoms with Gasteiger partial charge < -0.3 is 82.8 Å². The monoisotopic (exact) mass is 1510 g/mol. The second kappa shape index (κ2) is 39.2. The van der Waals surface area contributed by atoms with E-state index in [-0.39, 0.29) is 86.2 Å². The van der Waals surface area contributed by atoms with Gasteiger partial charge in [-0.15, -0.1) is 0 Å². The Labute approximate surface area is 625 Å². The molecule has 33 heteroatoms. The van der Waals surface area contributed by atoms with E-state index >= 15 is 0 Å². The van der Waals surface area contributed by atoms with Crippen LogP contribution in [0.2, 0.25) is 0 Å². The maximum atomic E-state index is 14.4. The standard InChI is InChI=1S/C73H106N14O17S2/c1-41(2)31-54(68(97)87-30-20-27-56(87)66(95)78-33-57(89)81-46(37-88)21-17-18-28-76-71(99)104-72(8,9)10)83-59(91)35-79-67(96)61(42(3)4)85-65(94)53(26-19-29-75-69(74)86-106(100,101)63-44(6)43(5)51-32-73(11,12)40-103-62(51)45(63)7)82-58(90)34-77-64(93)55(39-105)84-60(92)36-80-70(98)102-38-52-49-24-15-13-22-47(49)48-23-14-16-25-50(48)52/h13-16,22-25,37,41-42,46,52-56,61,105H,17-21,26-36,38-40H2,1-12H3,(H,76,99)(H,77,93)(H,78,95)(H,79,96)(H,80,98)(H,81,89)(H,82,90)(H,83,91)(H,84,92)(H,85,94)(H3,74,75,86). The minimum atomic E-state index is -4.33. The van der Waals surface area contributed by atoms with Gasteiger partial charge in [0.25, 0.3) is 10.0 Å². The normalized spacial score (nSPS) is 16.0. The van der Waals surface area contributed by atoms with Crippen molar-refractivity contribution in [3.63, 3.8) is 0 Å². The van der Waals surface area contributed by atoms with Crippen LogP contribution < -0.4 is 68.4 Å². The predicted octanol–water partition coefficient (Wildman–Crippen LogP) is 2.77. The number of ether oxygens (including phenoxy) is 3. The highest BCUT2D eigenvalue weighted by Gasteiger charge is 2.40. The topological polar surface area (TPSA) is 441 Å². The summed E-state index contributed by atoms with van der Waals surface area (Å²) in [6.07, 6.45) is 1.63. The van der Waals surface area contributed by atoms with Crippen molar-refractivity contribution in [2.75, 3.05) is 64.8 Å². The summed E-state index contributed by atoms with van der Waals surface area (Å²) in [7, 11) is -4.33. The molecule has 1 fully saturated rings. The Kier molecular flexibility index (Phi) is 31.6. The Morgan fingerprint density at radius 1 is 0.708 bits per heavy atom. The second-order valence-corrected chi connectivity index (χ2v) is 31.3. The SMILES string of the molecule is Cc1c(C)c(S(=O)(=O)NC(N)=NCCCC(NC(=O)CNC(=O)C(CS)NC(=O)CNC(=O)OCC2c3ccccc3-c3ccccc32)C(=O)NC(C(=O)NCC(=O)NC(CC(C)C)C(=O)N2CCCC2C(=O)NCC(=O)NC(C=O)CCCCNC(=O)OC(C)(C)C)C(C)C)c(C)c2c1CC(C)(C)CO2. The third kappa shape index (κ3) is 25.1. The number of amides is 11. The van der Waals surface area contributed by atoms with Crippen molar-refractivity contribution >= 4 is 100 Å². The van der Waals surface area contributed by atoms with E-state index in [0.717, 1.165) is 33.4 Å². The van der Waals surface area contributed by atoms with Gasteiger partial charge in [0.15, 0.2) is 0 Å². The number of alkyl carbamates (subject to hydrolysis) is 2. The number of carbonyl (C=O) groups excluding carboxylic acids is 12. The highest BCUT2D eigenvalue weighted by molar-refractivity contribution is 7.90. The molecular formula is C73H106N14O17S2. The molecule has 3 aliphatic rings. The molecule has 2 aliphatic heterocycles. The molecule has 6 rings (SSSR count). The molecule has 31 nitrogen and oxygen atoms in total. The first-order valence-electron chi connectivity index (χ1n) is 35.8. The zero-order valence-electron chi connectivity index (χ0n) is 62.6. The summed E-state index contributed by atoms with van der Waals surface area (Å²) in [6, 6.07) is 8.41. The molecule has 1 aliphatic carbocycles. The number of sulfonamides is 1. The number of thiol groups is 1. The number of fused-ring (bicyclic) bond motifs is 4. The van der Waals surface area contributed by atoms with Crippen molar-refractivity contribution in [1.29, 1.82) is 0 Å². The van der Waals surface area contributed by atoms with Gasteiger partial charge in [-0.3, -0.25) is 48.1 Å². The number of nitrogens with zero attached hydrogens (tertiary/aromatic N) is 2. The molecule has 0 radical (unpaired) electrons. The highest BCUT2D eigenvalue weighted by Crippen LogP contribution is 2.45. The molecule has 3 aromatic rings. The number of hydrogen-bond donors (Lipinski definition) is 13. The van der Waals surface area contributed by atoms with Gasteiger partial charge in [-0.1, -0.05) is 90.1 Å². The molecule has 1 saturated heterocycles. The molecule has 582 valence electrons. The van der Waals surface area contributed by atoms with E-state index in [9.17, 15) is 66.0 Å². The Balaban J connectivity index is 1.05. The van der Waals surface area contributed by atoms with Crippen LogP contribution in [-0.2, 0) is 73.9 Å². The summed E-state index contributed by atoms with van der Waals surface area (Å²) in [5.74, 6) is -8.18. The molecule has 6 unspecified atom stereocenters. The minimum Gasteiger partial charge on any atom is -0.492 e. The van der Waals surface area contributed by atoms with E-state index in [4.69, 9.17) is 19.9 Å². The molecule has 0 bridgehead atoms. The number of likely N-dealkylation sites (tertiary alicyclic amines) is 1. The third-order valence-electron chi connectivity index (χ3n) is 18.1. The van der Waals surface area contributed by atoms with Gasteiger partial charge in [-0.05, 0) is 150 Å². The highest BCUT2D eigenvalue weighted by atomic mass is 32.2. The lowest BCUT2D eigenvalue weighted by atomic mass is 9.81. The summed E-state index contributed by atoms with van der Waals surface area (Å²) >= 11 is 4.21. The Hall–Kier alpha value is -9.53. The van der Waals surface area contributed by atoms with Crippen LogP contribution >= 0.6 is 12.6 Å². The molecule has 3 aromatic carbocycles. The summed E-state index contributed by atoms with van der Waals surface area (Å²) in [6.45, 7) is 19.5. The van der Waals surface area contributed by atoms with E-state index in [1.165, 1.54) is 4.90 Å². The summed E-state index contributed by atoms with van der Waals surface area (Å²) < 4.78 is 47.2. The average Bonchev–Trinajstić information content (AvgIpc) is 0.963. The predicted molar refractivity (Wildman–Crippen MR) is 398 cm³/mol. The number of nitrogens with two attached hydrogens (primary N) is 1. The van der Waals surface area contributed by atoms with E-state index in [1.807, 2.05) is 69.3 Å². The van der Waals surface area contributed by atoms with Gasteiger partial charge in [0.1, 0.15) is 61.0 Å². The fourth-order valence-electron chi connectivity index (χ4n) is 12.8. The molecule has 0 aromatic heterocycles. The van der Waals surface area contributed by atoms with Gasteiger partial charge in [-0.2, -0.15) is 12.6 Å². The quantitative estimate of drug-likeness (QED) is 0.0131. The fourth-order valence-corrected chi connectivity index (χ4v) is 14.5. The van der Waals surface area contributed by atoms with Crippen LogP contribution in [0.5, 0.6) is 5.75 Å². The van der Waals surface area contributed by atoms with Gasteiger partial charge in [0.05, 0.1) is 37.2 Å². The van der Waals surface area contributed by atoms with Crippen molar-refractivity contribution in [1.82, 2.24) is 62.8 Å². The van der Waals surface area contributed by atoms with Crippen molar-refractivity contribution in [2.24, 2.45) is 28.0 Å². The minimum absolute atomic E-state index is 0.0104. The lowest BCUT2D eigenvalue weighted by Crippen LogP contribution is -2.58. The molecule has 106 heavy (non-hydrogen) atoms. The first-order valence-corrected chi connectivity index (χ1v) is 37.9. The first-order chi connectivity index (χ1) is 49.9. The number of aldehydes is 1. The van der Waals surface area contributed by atoms with Crippen LogP contribution in [-0.4, -0.2) is 198 Å². The van der Waals surface area contributed by atoms with Gasteiger partial charge in [0.2, 0.25) is 59.1 Å². The van der Waals surface area contributed by atoms with Crippen LogP contribution in [0.25, 0.3) is 11.1 Å². The maximum Gasteiger partial charge on any atom is 0.407 e. The largest absolute Gasteiger partial charge is 0.492 e. The number of unbranched alkanes of at least 4 members (excludes halogenated alkanes) is 1. The van der Waals surface area contributed by atoms with Crippen molar-refractivity contribution < 1.29 is 80.2 Å². The molecule has 6 atom stereocenters. The zero-order valence-corrected chi connectivity index (χ0v) is 64.3. The number of carbonyl (C=O) groups is 12. The number of hydrogen-bond acceptors (Lipinski definition) is 19. The van der Waals surface area contributed by atoms with Gasteiger partial charge in [-0.25, -0.2) is 22.7 Å². The zero-order chi connectivity index (χ0) is 78.4. The molecule has 13 N–H and O–H groups in total. The lowest BCUT2D eigenvalue weighted by molar-refractivity contribution is -0.142. The number of guanidine groups is 1. The second-order valence-electron chi connectivity index (χ2n) is 29.3. The van der Waals surface area contributed by atoms with Gasteiger partial charge >= 0.3 is 12.2 Å². The van der Waals surface area contributed by atoms with E-state index in [2.05, 4.69) is 89.4 Å². The molecule has 0 spiro atoms. The van der Waals surface area contributed by atoms with Crippen LogP contribution in [0.15, 0.2) is 58.4 Å². The maximum absolute atomic E-state index is 14.4. The number of aliphatic imine (C=N–C) groups is 1. The number of benzene rings is 3. The van der Waals surface area contributed by atoms with Gasteiger partial charge in [0, 0.05) is 42.3 Å². The molecule has 0 saturated carbocycles. The van der Waals surface area contributed by atoms with Crippen LogP contribution in [0, 0.1) is 38.0 Å². The Bertz CT molecular complexity index is 3820. The Morgan fingerprint density at radius 3 is 1.90 bits per heavy atom. The third-order valence-corrected chi connectivity index (χ3v) is 20.0. The molecule has 2 heterocycles. The van der Waals surface area contributed by atoms with E-state index < -0.39 is 155 Å².